The zero-order valence-electron chi connectivity index (χ0n) is 11.1. The number of Topliss-reactive ketones (excluding diaryl/α,β-unsaturated/α-hetero) is 1. The molecule has 0 aromatic heterocycles. The summed E-state index contributed by atoms with van der Waals surface area (Å²) in [5.74, 6) is 0.748. The zero-order chi connectivity index (χ0) is 13.2. The lowest BCUT2D eigenvalue weighted by atomic mass is 9.98. The summed E-state index contributed by atoms with van der Waals surface area (Å²) < 4.78 is 5.76. The van der Waals surface area contributed by atoms with E-state index < -0.39 is 0 Å². The fraction of sp³-hybridized carbons (Fsp3) is 0.500. The summed E-state index contributed by atoms with van der Waals surface area (Å²) in [4.78, 5) is 12.0. The highest BCUT2D eigenvalue weighted by Crippen LogP contribution is 2.33. The first-order chi connectivity index (χ1) is 7.88. The van der Waals surface area contributed by atoms with Crippen molar-refractivity contribution in [3.63, 3.8) is 0 Å². The third kappa shape index (κ3) is 3.01. The van der Waals surface area contributed by atoms with Crippen LogP contribution in [0.1, 0.15) is 48.7 Å². The molecule has 2 nitrogen and oxygen atoms in total. The number of carbonyl (C=O) groups excluding carboxylic acids is 1. The molecule has 0 N–H and O–H groups in total. The van der Waals surface area contributed by atoms with Crippen LogP contribution < -0.4 is 4.74 Å². The molecule has 0 saturated carbocycles. The fourth-order valence-corrected chi connectivity index (χ4v) is 2.01. The third-order valence-corrected chi connectivity index (χ3v) is 3.01. The van der Waals surface area contributed by atoms with Crippen LogP contribution in [0.4, 0.5) is 0 Å². The van der Waals surface area contributed by atoms with Crippen LogP contribution in [0, 0.1) is 13.8 Å². The molecule has 0 radical (unpaired) electrons. The Morgan fingerprint density at radius 3 is 2.47 bits per heavy atom. The van der Waals surface area contributed by atoms with Crippen LogP contribution in [0.2, 0.25) is 5.02 Å². The summed E-state index contributed by atoms with van der Waals surface area (Å²) in [6, 6.07) is 1.85. The Kier molecular flexibility index (Phi) is 4.58. The van der Waals surface area contributed by atoms with Crippen LogP contribution in [0.3, 0.4) is 0 Å². The van der Waals surface area contributed by atoms with Crippen molar-refractivity contribution in [3.8, 4) is 5.75 Å². The summed E-state index contributed by atoms with van der Waals surface area (Å²) in [5, 5.41) is 0.621. The van der Waals surface area contributed by atoms with Gasteiger partial charge in [-0.25, -0.2) is 0 Å². The van der Waals surface area contributed by atoms with Gasteiger partial charge in [-0.1, -0.05) is 18.5 Å². The van der Waals surface area contributed by atoms with Gasteiger partial charge >= 0.3 is 0 Å². The van der Waals surface area contributed by atoms with Gasteiger partial charge in [0.15, 0.2) is 5.78 Å². The molecule has 0 spiro atoms. The van der Waals surface area contributed by atoms with Gasteiger partial charge in [0.25, 0.3) is 0 Å². The molecule has 0 unspecified atom stereocenters. The molecule has 17 heavy (non-hydrogen) atoms. The molecule has 0 aliphatic rings. The zero-order valence-corrected chi connectivity index (χ0v) is 11.8. The summed E-state index contributed by atoms with van der Waals surface area (Å²) in [6.07, 6.45) is 0.493. The van der Waals surface area contributed by atoms with Crippen LogP contribution in [0.25, 0.3) is 0 Å². The second kappa shape index (κ2) is 5.54. The van der Waals surface area contributed by atoms with E-state index >= 15 is 0 Å². The Morgan fingerprint density at radius 1 is 1.41 bits per heavy atom. The predicted octanol–water partition coefficient (Wildman–Crippen LogP) is 4.34. The summed E-state index contributed by atoms with van der Waals surface area (Å²) in [7, 11) is 0. The molecule has 1 rings (SSSR count). The Hall–Kier alpha value is -1.02. The molecule has 3 heteroatoms. The van der Waals surface area contributed by atoms with Gasteiger partial charge in [-0.05, 0) is 44.9 Å². The highest BCUT2D eigenvalue weighted by molar-refractivity contribution is 6.32. The molecule has 0 fully saturated rings. The summed E-state index contributed by atoms with van der Waals surface area (Å²) in [5.41, 5.74) is 2.34. The second-order valence-electron chi connectivity index (χ2n) is 4.45. The van der Waals surface area contributed by atoms with Crippen LogP contribution in [-0.4, -0.2) is 11.9 Å². The predicted molar refractivity (Wildman–Crippen MR) is 71.3 cm³/mol. The van der Waals surface area contributed by atoms with E-state index in [4.69, 9.17) is 16.3 Å². The second-order valence-corrected chi connectivity index (χ2v) is 4.85. The maximum absolute atomic E-state index is 12.0. The highest BCUT2D eigenvalue weighted by Gasteiger charge is 2.19. The van der Waals surface area contributed by atoms with Gasteiger partial charge < -0.3 is 4.74 Å². The van der Waals surface area contributed by atoms with Crippen molar-refractivity contribution in [2.45, 2.75) is 47.1 Å². The van der Waals surface area contributed by atoms with Gasteiger partial charge in [0.1, 0.15) is 5.75 Å². The third-order valence-electron chi connectivity index (χ3n) is 2.62. The number of benzene rings is 1. The van der Waals surface area contributed by atoms with Crippen LogP contribution >= 0.6 is 11.6 Å². The molecule has 0 bridgehead atoms. The van der Waals surface area contributed by atoms with E-state index in [0.717, 1.165) is 11.1 Å². The standard InChI is InChI=1S/C14H19ClO2/c1-6-12(16)13-10(5)11(15)7-9(4)14(13)17-8(2)3/h7-8H,6H2,1-5H3. The van der Waals surface area contributed by atoms with Crippen LogP contribution in [0.5, 0.6) is 5.75 Å². The van der Waals surface area contributed by atoms with Crippen molar-refractivity contribution in [3.05, 3.63) is 27.8 Å². The monoisotopic (exact) mass is 254 g/mol. The van der Waals surface area contributed by atoms with Crippen molar-refractivity contribution in [1.82, 2.24) is 0 Å². The average molecular weight is 255 g/mol. The molecule has 0 atom stereocenters. The van der Waals surface area contributed by atoms with Crippen molar-refractivity contribution in [2.24, 2.45) is 0 Å². The topological polar surface area (TPSA) is 26.3 Å². The van der Waals surface area contributed by atoms with E-state index in [1.54, 1.807) is 0 Å². The number of ketones is 1. The number of carbonyl (C=O) groups is 1. The van der Waals surface area contributed by atoms with Gasteiger partial charge in [0.05, 0.1) is 11.7 Å². The molecule has 0 heterocycles. The van der Waals surface area contributed by atoms with Gasteiger partial charge in [0, 0.05) is 11.4 Å². The van der Waals surface area contributed by atoms with E-state index in [9.17, 15) is 4.79 Å². The van der Waals surface area contributed by atoms with E-state index in [0.29, 0.717) is 22.8 Å². The molecule has 94 valence electrons. The molecule has 0 aliphatic carbocycles. The molecule has 0 aliphatic heterocycles. The van der Waals surface area contributed by atoms with Crippen molar-refractivity contribution < 1.29 is 9.53 Å². The minimum absolute atomic E-state index is 0.0395. The largest absolute Gasteiger partial charge is 0.490 e. The van der Waals surface area contributed by atoms with E-state index in [2.05, 4.69) is 0 Å². The number of halogens is 1. The maximum Gasteiger partial charge on any atom is 0.166 e. The lowest BCUT2D eigenvalue weighted by Gasteiger charge is -2.18. The fourth-order valence-electron chi connectivity index (χ4n) is 1.75. The van der Waals surface area contributed by atoms with Gasteiger partial charge in [-0.3, -0.25) is 4.79 Å². The van der Waals surface area contributed by atoms with Crippen LogP contribution in [0.15, 0.2) is 6.07 Å². The molecule has 1 aromatic rings. The lowest BCUT2D eigenvalue weighted by Crippen LogP contribution is -2.12. The first-order valence-corrected chi connectivity index (χ1v) is 6.25. The SMILES string of the molecule is CCC(=O)c1c(C)c(Cl)cc(C)c1OC(C)C. The average Bonchev–Trinajstić information content (AvgIpc) is 2.25. The summed E-state index contributed by atoms with van der Waals surface area (Å²) in [6.45, 7) is 9.51. The number of hydrogen-bond donors (Lipinski definition) is 0. The number of hydrogen-bond acceptors (Lipinski definition) is 2. The first-order valence-electron chi connectivity index (χ1n) is 5.88. The Morgan fingerprint density at radius 2 is 2.00 bits per heavy atom. The number of ether oxygens (including phenoxy) is 1. The number of aryl methyl sites for hydroxylation is 1. The number of rotatable bonds is 4. The molecular weight excluding hydrogens is 236 g/mol. The van der Waals surface area contributed by atoms with Crippen molar-refractivity contribution in [2.75, 3.05) is 0 Å². The van der Waals surface area contributed by atoms with Crippen molar-refractivity contribution in [1.29, 1.82) is 0 Å². The van der Waals surface area contributed by atoms with Gasteiger partial charge in [0.2, 0.25) is 0 Å². The summed E-state index contributed by atoms with van der Waals surface area (Å²) >= 11 is 6.12. The lowest BCUT2D eigenvalue weighted by molar-refractivity contribution is 0.0981. The molecule has 0 saturated heterocycles. The maximum atomic E-state index is 12.0. The molecular formula is C14H19ClO2. The van der Waals surface area contributed by atoms with Gasteiger partial charge in [-0.2, -0.15) is 0 Å². The minimum atomic E-state index is 0.0395. The van der Waals surface area contributed by atoms with Gasteiger partial charge in [-0.15, -0.1) is 0 Å². The highest BCUT2D eigenvalue weighted by atomic mass is 35.5. The smallest absolute Gasteiger partial charge is 0.166 e. The van der Waals surface area contributed by atoms with E-state index in [1.165, 1.54) is 0 Å². The van der Waals surface area contributed by atoms with Crippen molar-refractivity contribution >= 4 is 17.4 Å². The van der Waals surface area contributed by atoms with Crippen LogP contribution in [-0.2, 0) is 0 Å². The normalized spacial score (nSPS) is 10.8. The Labute approximate surface area is 108 Å². The quantitative estimate of drug-likeness (QED) is 0.748. The van der Waals surface area contributed by atoms with E-state index in [-0.39, 0.29) is 11.9 Å². The first kappa shape index (κ1) is 14.0. The molecule has 1 aromatic carbocycles. The molecule has 0 amide bonds. The van der Waals surface area contributed by atoms with E-state index in [1.807, 2.05) is 40.7 Å². The Balaban J connectivity index is 3.44. The minimum Gasteiger partial charge on any atom is -0.490 e. The Bertz CT molecular complexity index is 436.